The van der Waals surface area contributed by atoms with Crippen LogP contribution in [0.25, 0.3) is 0 Å². The van der Waals surface area contributed by atoms with E-state index in [1.807, 2.05) is 0 Å². The van der Waals surface area contributed by atoms with E-state index in [-0.39, 0.29) is 30.3 Å². The molecule has 3 aliphatic rings. The number of aliphatic hydroxyl groups excluding tert-OH is 5. The SMILES string of the molecule is O=C(Cc1ccc(OCCCC2CCN(c3ncc(Cl)cn3)CC2)cc1F)N1CC2(CCC2NC[C@@H](O)[C@H](O)[C@@H](O)[C@@H](O)CO)C1. The van der Waals surface area contributed by atoms with Crippen LogP contribution in [0.2, 0.25) is 5.02 Å². The van der Waals surface area contributed by atoms with Crippen LogP contribution in [0.3, 0.4) is 0 Å². The van der Waals surface area contributed by atoms with Gasteiger partial charge in [0.05, 0.1) is 43.2 Å². The molecule has 1 aromatic heterocycles. The van der Waals surface area contributed by atoms with Crippen LogP contribution in [0.4, 0.5) is 10.3 Å². The lowest BCUT2D eigenvalue weighted by atomic mass is 9.59. The third-order valence-corrected chi connectivity index (χ3v) is 10.0. The lowest BCUT2D eigenvalue weighted by Crippen LogP contribution is -2.71. The normalized spacial score (nSPS) is 22.1. The summed E-state index contributed by atoms with van der Waals surface area (Å²) in [5.41, 5.74) is 0.181. The van der Waals surface area contributed by atoms with Gasteiger partial charge in [-0.25, -0.2) is 14.4 Å². The Labute approximate surface area is 273 Å². The van der Waals surface area contributed by atoms with Crippen LogP contribution >= 0.6 is 11.6 Å². The summed E-state index contributed by atoms with van der Waals surface area (Å²) < 4.78 is 20.7. The van der Waals surface area contributed by atoms with Gasteiger partial charge in [0.15, 0.2) is 0 Å². The molecule has 2 aromatic rings. The van der Waals surface area contributed by atoms with Crippen molar-refractivity contribution in [3.05, 3.63) is 47.0 Å². The quantitative estimate of drug-likeness (QED) is 0.149. The first-order valence-electron chi connectivity index (χ1n) is 16.1. The van der Waals surface area contributed by atoms with Crippen molar-refractivity contribution in [2.24, 2.45) is 11.3 Å². The minimum absolute atomic E-state index is 0.0169. The number of halogens is 2. The maximum Gasteiger partial charge on any atom is 0.227 e. The number of anilines is 1. The molecule has 1 aromatic carbocycles. The van der Waals surface area contributed by atoms with E-state index in [0.717, 1.165) is 51.6 Å². The summed E-state index contributed by atoms with van der Waals surface area (Å²) in [6.07, 6.45) is 2.71. The van der Waals surface area contributed by atoms with Crippen molar-refractivity contribution in [1.82, 2.24) is 20.2 Å². The molecular weight excluding hydrogens is 621 g/mol. The minimum Gasteiger partial charge on any atom is -0.493 e. The average molecular weight is 666 g/mol. The number of amides is 1. The third kappa shape index (κ3) is 8.25. The van der Waals surface area contributed by atoms with Gasteiger partial charge < -0.3 is 45.4 Å². The number of hydrogen-bond acceptors (Lipinski definition) is 11. The number of carbonyl (C=O) groups excluding carboxylic acids is 1. The van der Waals surface area contributed by atoms with Crippen LogP contribution in [0.15, 0.2) is 30.6 Å². The Kier molecular flexibility index (Phi) is 11.7. The van der Waals surface area contributed by atoms with Gasteiger partial charge in [-0.1, -0.05) is 17.7 Å². The summed E-state index contributed by atoms with van der Waals surface area (Å²) in [6, 6.07) is 4.67. The highest BCUT2D eigenvalue weighted by Gasteiger charge is 2.55. The zero-order chi connectivity index (χ0) is 32.8. The summed E-state index contributed by atoms with van der Waals surface area (Å²) in [4.78, 5) is 25.4. The molecule has 5 atom stereocenters. The van der Waals surface area contributed by atoms with Crippen molar-refractivity contribution >= 4 is 23.5 Å². The molecule has 6 N–H and O–H groups in total. The number of likely N-dealkylation sites (tertiary alicyclic amines) is 1. The first-order chi connectivity index (χ1) is 22.1. The Bertz CT molecular complexity index is 1300. The number of piperidine rings is 1. The topological polar surface area (TPSA) is 172 Å². The lowest BCUT2D eigenvalue weighted by Gasteiger charge is -2.61. The smallest absolute Gasteiger partial charge is 0.227 e. The summed E-state index contributed by atoms with van der Waals surface area (Å²) in [6.45, 7) is 2.57. The molecule has 0 radical (unpaired) electrons. The molecular formula is C32H45ClFN5O7. The molecule has 3 heterocycles. The highest BCUT2D eigenvalue weighted by molar-refractivity contribution is 6.30. The van der Waals surface area contributed by atoms with Crippen molar-refractivity contribution in [3.8, 4) is 5.75 Å². The molecule has 12 nitrogen and oxygen atoms in total. The van der Waals surface area contributed by atoms with Crippen molar-refractivity contribution in [2.45, 2.75) is 75.4 Å². The largest absolute Gasteiger partial charge is 0.493 e. The predicted octanol–water partition coefficient (Wildman–Crippen LogP) is 0.904. The molecule has 1 aliphatic carbocycles. The Morgan fingerprint density at radius 2 is 1.78 bits per heavy atom. The summed E-state index contributed by atoms with van der Waals surface area (Å²) in [5.74, 6) is 1.12. The predicted molar refractivity (Wildman–Crippen MR) is 168 cm³/mol. The van der Waals surface area contributed by atoms with Gasteiger partial charge in [0.25, 0.3) is 0 Å². The van der Waals surface area contributed by atoms with Gasteiger partial charge in [0, 0.05) is 50.2 Å². The number of aliphatic hydroxyl groups is 5. The summed E-state index contributed by atoms with van der Waals surface area (Å²) in [5, 5.41) is 52.2. The number of benzene rings is 1. The first-order valence-corrected chi connectivity index (χ1v) is 16.4. The fourth-order valence-corrected chi connectivity index (χ4v) is 6.82. The third-order valence-electron chi connectivity index (χ3n) is 9.83. The van der Waals surface area contributed by atoms with E-state index in [0.29, 0.717) is 47.9 Å². The minimum atomic E-state index is -1.67. The maximum absolute atomic E-state index is 14.9. The van der Waals surface area contributed by atoms with Crippen LogP contribution in [0.5, 0.6) is 5.75 Å². The molecule has 1 spiro atoms. The molecule has 3 fully saturated rings. The molecule has 2 aliphatic heterocycles. The van der Waals surface area contributed by atoms with E-state index in [4.69, 9.17) is 21.4 Å². The van der Waals surface area contributed by atoms with Crippen molar-refractivity contribution < 1.29 is 39.5 Å². The van der Waals surface area contributed by atoms with Gasteiger partial charge in [0.2, 0.25) is 11.9 Å². The average Bonchev–Trinajstić information content (AvgIpc) is 3.02. The zero-order valence-corrected chi connectivity index (χ0v) is 26.6. The van der Waals surface area contributed by atoms with E-state index in [2.05, 4.69) is 20.2 Å². The zero-order valence-electron chi connectivity index (χ0n) is 25.8. The van der Waals surface area contributed by atoms with Gasteiger partial charge in [-0.2, -0.15) is 0 Å². The van der Waals surface area contributed by atoms with Gasteiger partial charge in [-0.15, -0.1) is 0 Å². The molecule has 2 saturated heterocycles. The lowest BCUT2D eigenvalue weighted by molar-refractivity contribution is -0.154. The van der Waals surface area contributed by atoms with Gasteiger partial charge in [-0.05, 0) is 56.1 Å². The number of hydrogen-bond donors (Lipinski definition) is 6. The monoisotopic (exact) mass is 665 g/mol. The number of nitrogens with one attached hydrogen (secondary N) is 1. The maximum atomic E-state index is 14.9. The highest BCUT2D eigenvalue weighted by Crippen LogP contribution is 2.48. The molecule has 46 heavy (non-hydrogen) atoms. The Morgan fingerprint density at radius 1 is 1.09 bits per heavy atom. The van der Waals surface area contributed by atoms with Crippen LogP contribution < -0.4 is 15.0 Å². The second-order valence-corrected chi connectivity index (χ2v) is 13.4. The molecule has 1 saturated carbocycles. The van der Waals surface area contributed by atoms with Gasteiger partial charge in [0.1, 0.15) is 29.9 Å². The van der Waals surface area contributed by atoms with Gasteiger partial charge in [-0.3, -0.25) is 4.79 Å². The van der Waals surface area contributed by atoms with Gasteiger partial charge >= 0.3 is 0 Å². The van der Waals surface area contributed by atoms with E-state index in [1.165, 1.54) is 6.07 Å². The molecule has 0 bridgehead atoms. The standard InChI is InChI=1S/C32H45ClFN5O7/c33-22-14-36-31(37-15-22)38-9-6-20(7-10-38)2-1-11-46-23-4-3-21(24(34)13-23)12-28(43)39-18-32(19-39)8-5-27(32)35-16-25(41)29(44)30(45)26(42)17-40/h3-4,13-15,20,25-27,29-30,35,40-42,44-45H,1-2,5-12,16-19H2/t25-,26+,27?,29+,30+/m1/s1. The van der Waals surface area contributed by atoms with Crippen molar-refractivity contribution in [2.75, 3.05) is 50.8 Å². The van der Waals surface area contributed by atoms with E-state index >= 15 is 0 Å². The van der Waals surface area contributed by atoms with E-state index in [9.17, 15) is 29.6 Å². The second-order valence-electron chi connectivity index (χ2n) is 13.0. The Balaban J connectivity index is 0.979. The first kappa shape index (κ1) is 34.7. The second kappa shape index (κ2) is 15.5. The number of aromatic nitrogens is 2. The van der Waals surface area contributed by atoms with Crippen LogP contribution in [-0.4, -0.2) is 123 Å². The molecule has 254 valence electrons. The summed E-state index contributed by atoms with van der Waals surface area (Å²) in [7, 11) is 0. The number of rotatable bonds is 15. The number of nitrogens with zero attached hydrogens (tertiary/aromatic N) is 4. The Hall–Kier alpha value is -2.65. The van der Waals surface area contributed by atoms with Crippen LogP contribution in [0.1, 0.15) is 44.1 Å². The van der Waals surface area contributed by atoms with E-state index < -0.39 is 36.8 Å². The van der Waals surface area contributed by atoms with Crippen molar-refractivity contribution in [1.29, 1.82) is 0 Å². The fourth-order valence-electron chi connectivity index (χ4n) is 6.72. The number of carbonyl (C=O) groups is 1. The summed E-state index contributed by atoms with van der Waals surface area (Å²) >= 11 is 5.88. The molecule has 1 unspecified atom stereocenters. The molecule has 14 heteroatoms. The molecule has 5 rings (SSSR count). The van der Waals surface area contributed by atoms with E-state index in [1.54, 1.807) is 29.4 Å². The highest BCUT2D eigenvalue weighted by atomic mass is 35.5. The van der Waals surface area contributed by atoms with Crippen LogP contribution in [-0.2, 0) is 11.2 Å². The van der Waals surface area contributed by atoms with Crippen molar-refractivity contribution in [3.63, 3.8) is 0 Å². The molecule has 1 amide bonds. The fraction of sp³-hybridized carbons (Fsp3) is 0.656. The Morgan fingerprint density at radius 3 is 2.41 bits per heavy atom. The van der Waals surface area contributed by atoms with Crippen LogP contribution in [0, 0.1) is 17.2 Å². The number of ether oxygens (including phenoxy) is 1.